The average molecular weight is 357 g/mol. The van der Waals surface area contributed by atoms with Gasteiger partial charge in [0.2, 0.25) is 0 Å². The molecule has 0 heterocycles. The lowest BCUT2D eigenvalue weighted by atomic mass is 10.2. The molecular weight excluding hydrogens is 336 g/mol. The number of rotatable bonds is 7. The van der Waals surface area contributed by atoms with Crippen molar-refractivity contribution in [1.82, 2.24) is 5.32 Å². The number of hydrogen-bond donors (Lipinski definition) is 1. The van der Waals surface area contributed by atoms with Gasteiger partial charge in [0.05, 0.1) is 5.56 Å². The predicted octanol–water partition coefficient (Wildman–Crippen LogP) is 2.36. The maximum atomic E-state index is 13.4. The summed E-state index contributed by atoms with van der Waals surface area (Å²) in [5.74, 6) is -3.72. The summed E-state index contributed by atoms with van der Waals surface area (Å²) in [5, 5.41) is 2.41. The first kappa shape index (κ1) is 20.5. The van der Waals surface area contributed by atoms with Gasteiger partial charge < -0.3 is 14.8 Å². The Bertz CT molecular complexity index is 640. The second-order valence-electron chi connectivity index (χ2n) is 6.23. The first-order valence-electron chi connectivity index (χ1n) is 7.69. The van der Waals surface area contributed by atoms with Crippen molar-refractivity contribution in [3.63, 3.8) is 0 Å². The number of benzene rings is 1. The smallest absolute Gasteiger partial charge is 0.344 e. The largest absolute Gasteiger partial charge is 0.457 e. The van der Waals surface area contributed by atoms with E-state index in [1.165, 1.54) is 0 Å². The van der Waals surface area contributed by atoms with Crippen molar-refractivity contribution in [1.29, 1.82) is 0 Å². The molecule has 1 aromatic carbocycles. The molecule has 0 aliphatic rings. The molecule has 0 unspecified atom stereocenters. The molecule has 1 amide bonds. The van der Waals surface area contributed by atoms with Gasteiger partial charge in [-0.15, -0.1) is 0 Å². The molecule has 25 heavy (non-hydrogen) atoms. The topological polar surface area (TPSA) is 81.7 Å². The van der Waals surface area contributed by atoms with Crippen LogP contribution >= 0.6 is 0 Å². The SMILES string of the molecule is CC(C)(C)OC(=O)COC(=O)CCCNC(=O)c1ccc(F)cc1F. The standard InChI is InChI=1S/C17H21F2NO5/c1-17(2,3)25-15(22)10-24-14(21)5-4-8-20-16(23)12-7-6-11(18)9-13(12)19/h6-7,9H,4-5,8,10H2,1-3H3,(H,20,23). The molecule has 0 saturated carbocycles. The van der Waals surface area contributed by atoms with Gasteiger partial charge in [-0.05, 0) is 39.3 Å². The van der Waals surface area contributed by atoms with Crippen LogP contribution in [0.2, 0.25) is 0 Å². The molecule has 0 saturated heterocycles. The van der Waals surface area contributed by atoms with Crippen molar-refractivity contribution >= 4 is 17.8 Å². The van der Waals surface area contributed by atoms with Gasteiger partial charge in [-0.1, -0.05) is 0 Å². The van der Waals surface area contributed by atoms with Gasteiger partial charge in [0.25, 0.3) is 5.91 Å². The molecule has 0 atom stereocenters. The zero-order valence-corrected chi connectivity index (χ0v) is 14.4. The van der Waals surface area contributed by atoms with Crippen molar-refractivity contribution in [3.05, 3.63) is 35.4 Å². The van der Waals surface area contributed by atoms with Crippen LogP contribution in [0.5, 0.6) is 0 Å². The van der Waals surface area contributed by atoms with Crippen LogP contribution in [-0.4, -0.2) is 36.6 Å². The van der Waals surface area contributed by atoms with E-state index in [9.17, 15) is 23.2 Å². The third kappa shape index (κ3) is 8.23. The van der Waals surface area contributed by atoms with Crippen LogP contribution in [0, 0.1) is 11.6 Å². The van der Waals surface area contributed by atoms with E-state index in [4.69, 9.17) is 9.47 Å². The van der Waals surface area contributed by atoms with E-state index < -0.39 is 41.7 Å². The number of halogens is 2. The quantitative estimate of drug-likeness (QED) is 0.598. The molecule has 6 nitrogen and oxygen atoms in total. The first-order valence-corrected chi connectivity index (χ1v) is 7.69. The molecule has 0 aliphatic carbocycles. The summed E-state index contributed by atoms with van der Waals surface area (Å²) >= 11 is 0. The Kier molecular flexibility index (Phi) is 7.47. The Balaban J connectivity index is 2.25. The average Bonchev–Trinajstić information content (AvgIpc) is 2.47. The predicted molar refractivity (Wildman–Crippen MR) is 84.7 cm³/mol. The lowest BCUT2D eigenvalue weighted by Crippen LogP contribution is -2.28. The third-order valence-corrected chi connectivity index (χ3v) is 2.79. The van der Waals surface area contributed by atoms with Gasteiger partial charge >= 0.3 is 11.9 Å². The van der Waals surface area contributed by atoms with Crippen molar-refractivity contribution in [2.75, 3.05) is 13.2 Å². The van der Waals surface area contributed by atoms with Gasteiger partial charge in [-0.25, -0.2) is 13.6 Å². The number of nitrogens with one attached hydrogen (secondary N) is 1. The van der Waals surface area contributed by atoms with Crippen LogP contribution in [0.3, 0.4) is 0 Å². The Morgan fingerprint density at radius 3 is 2.40 bits per heavy atom. The lowest BCUT2D eigenvalue weighted by molar-refractivity contribution is -0.166. The lowest BCUT2D eigenvalue weighted by Gasteiger charge is -2.19. The molecule has 0 spiro atoms. The maximum Gasteiger partial charge on any atom is 0.344 e. The van der Waals surface area contributed by atoms with Gasteiger partial charge in [0.1, 0.15) is 17.2 Å². The summed E-state index contributed by atoms with van der Waals surface area (Å²) in [6.45, 7) is 4.69. The van der Waals surface area contributed by atoms with E-state index >= 15 is 0 Å². The van der Waals surface area contributed by atoms with E-state index in [2.05, 4.69) is 5.32 Å². The molecular formula is C17H21F2NO5. The van der Waals surface area contributed by atoms with E-state index in [1.807, 2.05) is 0 Å². The third-order valence-electron chi connectivity index (χ3n) is 2.79. The van der Waals surface area contributed by atoms with Crippen molar-refractivity contribution in [3.8, 4) is 0 Å². The summed E-state index contributed by atoms with van der Waals surface area (Å²) < 4.78 is 35.9. The van der Waals surface area contributed by atoms with Crippen molar-refractivity contribution < 1.29 is 32.6 Å². The minimum atomic E-state index is -0.964. The second kappa shape index (κ2) is 9.10. The molecule has 1 aromatic rings. The zero-order chi connectivity index (χ0) is 19.0. The van der Waals surface area contributed by atoms with E-state index in [0.717, 1.165) is 12.1 Å². The number of hydrogen-bond acceptors (Lipinski definition) is 5. The van der Waals surface area contributed by atoms with Gasteiger partial charge in [0.15, 0.2) is 6.61 Å². The molecule has 0 aromatic heterocycles. The van der Waals surface area contributed by atoms with Gasteiger partial charge in [-0.3, -0.25) is 9.59 Å². The van der Waals surface area contributed by atoms with Gasteiger partial charge in [0, 0.05) is 19.0 Å². The Morgan fingerprint density at radius 2 is 1.80 bits per heavy atom. The van der Waals surface area contributed by atoms with Crippen LogP contribution in [0.1, 0.15) is 44.0 Å². The fraction of sp³-hybridized carbons (Fsp3) is 0.471. The van der Waals surface area contributed by atoms with E-state index in [-0.39, 0.29) is 24.9 Å². The van der Waals surface area contributed by atoms with Crippen LogP contribution in [0.25, 0.3) is 0 Å². The summed E-state index contributed by atoms with van der Waals surface area (Å²) in [4.78, 5) is 34.6. The van der Waals surface area contributed by atoms with Crippen LogP contribution in [0.4, 0.5) is 8.78 Å². The Morgan fingerprint density at radius 1 is 1.12 bits per heavy atom. The Labute approximate surface area is 144 Å². The fourth-order valence-electron chi connectivity index (χ4n) is 1.79. The highest BCUT2D eigenvalue weighted by Gasteiger charge is 2.17. The summed E-state index contributed by atoms with van der Waals surface area (Å²) in [6.07, 6.45) is 0.205. The highest BCUT2D eigenvalue weighted by atomic mass is 19.1. The van der Waals surface area contributed by atoms with Crippen LogP contribution in [0.15, 0.2) is 18.2 Å². The van der Waals surface area contributed by atoms with Crippen molar-refractivity contribution in [2.45, 2.75) is 39.2 Å². The molecule has 0 bridgehead atoms. The van der Waals surface area contributed by atoms with E-state index in [1.54, 1.807) is 20.8 Å². The maximum absolute atomic E-state index is 13.4. The number of carbonyl (C=O) groups is 3. The number of amides is 1. The fourth-order valence-corrected chi connectivity index (χ4v) is 1.79. The second-order valence-corrected chi connectivity index (χ2v) is 6.23. The van der Waals surface area contributed by atoms with Crippen LogP contribution < -0.4 is 5.32 Å². The monoisotopic (exact) mass is 357 g/mol. The van der Waals surface area contributed by atoms with E-state index in [0.29, 0.717) is 6.07 Å². The molecule has 8 heteroatoms. The first-order chi connectivity index (χ1) is 11.6. The Hall–Kier alpha value is -2.51. The molecule has 0 aliphatic heterocycles. The number of ether oxygens (including phenoxy) is 2. The van der Waals surface area contributed by atoms with Crippen LogP contribution in [-0.2, 0) is 19.1 Å². The van der Waals surface area contributed by atoms with Crippen molar-refractivity contribution in [2.24, 2.45) is 0 Å². The molecule has 1 rings (SSSR count). The molecule has 0 radical (unpaired) electrons. The zero-order valence-electron chi connectivity index (χ0n) is 14.4. The minimum Gasteiger partial charge on any atom is -0.457 e. The summed E-state index contributed by atoms with van der Waals surface area (Å²) in [7, 11) is 0. The summed E-state index contributed by atoms with van der Waals surface area (Å²) in [5.41, 5.74) is -0.947. The minimum absolute atomic E-state index is 0.0328. The number of esters is 2. The highest BCUT2D eigenvalue weighted by Crippen LogP contribution is 2.09. The normalized spacial score (nSPS) is 10.9. The molecule has 0 fully saturated rings. The summed E-state index contributed by atoms with van der Waals surface area (Å²) in [6, 6.07) is 2.63. The number of carbonyl (C=O) groups excluding carboxylic acids is 3. The molecule has 1 N–H and O–H groups in total. The van der Waals surface area contributed by atoms with Gasteiger partial charge in [-0.2, -0.15) is 0 Å². The molecule has 138 valence electrons. The highest BCUT2D eigenvalue weighted by molar-refractivity contribution is 5.94.